The van der Waals surface area contributed by atoms with E-state index in [9.17, 15) is 14.5 Å². The van der Waals surface area contributed by atoms with E-state index in [1.807, 2.05) is 0 Å². The number of aromatic hydroxyl groups is 1. The maximum absolute atomic E-state index is 12.9. The zero-order valence-corrected chi connectivity index (χ0v) is 7.43. The van der Waals surface area contributed by atoms with Crippen LogP contribution in [0.1, 0.15) is 0 Å². The first-order valence-electron chi connectivity index (χ1n) is 2.96. The summed E-state index contributed by atoms with van der Waals surface area (Å²) in [5, 5.41) is 18.1. The number of hydrogen-bond donors (Lipinski definition) is 1. The van der Waals surface area contributed by atoms with Crippen molar-refractivity contribution in [1.29, 1.82) is 0 Å². The summed E-state index contributed by atoms with van der Waals surface area (Å²) in [6.45, 7) is 0. The van der Waals surface area contributed by atoms with E-state index in [0.717, 1.165) is 0 Å². The topological polar surface area (TPSA) is 63.4 Å². The van der Waals surface area contributed by atoms with Crippen molar-refractivity contribution in [2.45, 2.75) is 0 Å². The Labute approximate surface area is 81.7 Å². The summed E-state index contributed by atoms with van der Waals surface area (Å²) in [4.78, 5) is 9.22. The minimum absolute atomic E-state index is 0.363. The van der Waals surface area contributed by atoms with Crippen molar-refractivity contribution < 1.29 is 14.4 Å². The second-order valence-electron chi connectivity index (χ2n) is 2.11. The van der Waals surface area contributed by atoms with Gasteiger partial charge in [-0.05, 0) is 0 Å². The van der Waals surface area contributed by atoms with Crippen molar-refractivity contribution in [1.82, 2.24) is 0 Å². The van der Waals surface area contributed by atoms with Gasteiger partial charge in [0.1, 0.15) is 5.02 Å². The molecule has 0 saturated carbocycles. The highest BCUT2D eigenvalue weighted by atomic mass is 35.5. The maximum atomic E-state index is 12.9. The standard InChI is InChI=1S/C6H2Cl2FNO3/c7-2-1-3(10(12)13)5(9)4(8)6(2)11/h1,11H. The Bertz CT molecular complexity index is 383. The number of hydrogen-bond acceptors (Lipinski definition) is 3. The molecule has 0 aliphatic rings. The largest absolute Gasteiger partial charge is 0.505 e. The van der Waals surface area contributed by atoms with Gasteiger partial charge in [0.2, 0.25) is 5.82 Å². The van der Waals surface area contributed by atoms with E-state index >= 15 is 0 Å². The smallest absolute Gasteiger partial charge is 0.308 e. The molecular weight excluding hydrogens is 224 g/mol. The predicted molar refractivity (Wildman–Crippen MR) is 44.7 cm³/mol. The lowest BCUT2D eigenvalue weighted by Crippen LogP contribution is -1.93. The second kappa shape index (κ2) is 3.35. The molecule has 1 rings (SSSR count). The molecule has 0 aliphatic heterocycles. The summed E-state index contributed by atoms with van der Waals surface area (Å²) in [5.41, 5.74) is -0.868. The van der Waals surface area contributed by atoms with Gasteiger partial charge in [-0.3, -0.25) is 10.1 Å². The van der Waals surface area contributed by atoms with Gasteiger partial charge < -0.3 is 5.11 Å². The lowest BCUT2D eigenvalue weighted by atomic mass is 10.3. The van der Waals surface area contributed by atoms with Gasteiger partial charge in [0.05, 0.1) is 9.95 Å². The number of benzene rings is 1. The number of halogens is 3. The summed E-state index contributed by atoms with van der Waals surface area (Å²) < 4.78 is 12.9. The van der Waals surface area contributed by atoms with Crippen LogP contribution in [0.15, 0.2) is 6.07 Å². The van der Waals surface area contributed by atoms with Crippen molar-refractivity contribution in [2.24, 2.45) is 0 Å². The number of nitro benzene ring substituents is 1. The maximum Gasteiger partial charge on any atom is 0.308 e. The molecule has 13 heavy (non-hydrogen) atoms. The van der Waals surface area contributed by atoms with E-state index in [2.05, 4.69) is 0 Å². The van der Waals surface area contributed by atoms with Crippen LogP contribution in [0.3, 0.4) is 0 Å². The molecule has 0 fully saturated rings. The van der Waals surface area contributed by atoms with Crippen LogP contribution in [0, 0.1) is 15.9 Å². The molecule has 0 aromatic heterocycles. The van der Waals surface area contributed by atoms with Crippen LogP contribution >= 0.6 is 23.2 Å². The Hall–Kier alpha value is -1.07. The third-order valence-electron chi connectivity index (χ3n) is 1.31. The van der Waals surface area contributed by atoms with Gasteiger partial charge in [0, 0.05) is 6.07 Å². The minimum atomic E-state index is -1.30. The molecule has 1 aromatic carbocycles. The average Bonchev–Trinajstić information content (AvgIpc) is 2.07. The molecule has 0 atom stereocenters. The summed E-state index contributed by atoms with van der Waals surface area (Å²) in [6, 6.07) is 0.693. The highest BCUT2D eigenvalue weighted by Gasteiger charge is 2.22. The number of phenols is 1. The molecule has 0 unspecified atom stereocenters. The molecule has 70 valence electrons. The molecule has 0 amide bonds. The second-order valence-corrected chi connectivity index (χ2v) is 2.90. The summed E-state index contributed by atoms with van der Waals surface area (Å²) in [7, 11) is 0. The van der Waals surface area contributed by atoms with Crippen LogP contribution in [0.4, 0.5) is 10.1 Å². The summed E-state index contributed by atoms with van der Waals surface area (Å²) in [6.07, 6.45) is 0. The van der Waals surface area contributed by atoms with Gasteiger partial charge in [-0.2, -0.15) is 4.39 Å². The molecule has 0 spiro atoms. The van der Waals surface area contributed by atoms with Crippen LogP contribution in [-0.4, -0.2) is 10.0 Å². The average molecular weight is 226 g/mol. The van der Waals surface area contributed by atoms with Crippen LogP contribution in [0.25, 0.3) is 0 Å². The highest BCUT2D eigenvalue weighted by molar-refractivity contribution is 6.37. The molecule has 0 heterocycles. The van der Waals surface area contributed by atoms with E-state index in [0.29, 0.717) is 6.07 Å². The van der Waals surface area contributed by atoms with Crippen molar-refractivity contribution in [3.05, 3.63) is 32.0 Å². The highest BCUT2D eigenvalue weighted by Crippen LogP contribution is 2.38. The first-order valence-corrected chi connectivity index (χ1v) is 3.71. The quantitative estimate of drug-likeness (QED) is 0.454. The van der Waals surface area contributed by atoms with E-state index < -0.39 is 27.2 Å². The number of rotatable bonds is 1. The zero-order chi connectivity index (χ0) is 10.2. The molecule has 0 aliphatic carbocycles. The van der Waals surface area contributed by atoms with E-state index in [4.69, 9.17) is 28.3 Å². The Balaban J connectivity index is 3.50. The Morgan fingerprint density at radius 3 is 2.54 bits per heavy atom. The van der Waals surface area contributed by atoms with Crippen molar-refractivity contribution in [3.8, 4) is 5.75 Å². The Morgan fingerprint density at radius 1 is 1.54 bits per heavy atom. The van der Waals surface area contributed by atoms with Crippen molar-refractivity contribution in [3.63, 3.8) is 0 Å². The van der Waals surface area contributed by atoms with Crippen LogP contribution in [0.5, 0.6) is 5.75 Å². The molecule has 1 aromatic rings. The molecule has 0 saturated heterocycles. The van der Waals surface area contributed by atoms with Crippen molar-refractivity contribution >= 4 is 28.9 Å². The predicted octanol–water partition coefficient (Wildman–Crippen LogP) is 2.75. The fraction of sp³-hybridized carbons (Fsp3) is 0. The van der Waals surface area contributed by atoms with Gasteiger partial charge in [-0.1, -0.05) is 23.2 Å². The van der Waals surface area contributed by atoms with Crippen LogP contribution in [0.2, 0.25) is 10.0 Å². The zero-order valence-electron chi connectivity index (χ0n) is 5.92. The van der Waals surface area contributed by atoms with Gasteiger partial charge in [0.25, 0.3) is 0 Å². The van der Waals surface area contributed by atoms with Gasteiger partial charge in [-0.25, -0.2) is 0 Å². The van der Waals surface area contributed by atoms with E-state index in [-0.39, 0.29) is 5.02 Å². The van der Waals surface area contributed by atoms with Crippen LogP contribution in [-0.2, 0) is 0 Å². The normalized spacial score (nSPS) is 10.1. The lowest BCUT2D eigenvalue weighted by Gasteiger charge is -2.00. The summed E-state index contributed by atoms with van der Waals surface area (Å²) in [5.74, 6) is -2.00. The molecule has 7 heteroatoms. The first kappa shape index (κ1) is 10.0. The van der Waals surface area contributed by atoms with Gasteiger partial charge in [-0.15, -0.1) is 0 Å². The Morgan fingerprint density at radius 2 is 2.08 bits per heavy atom. The van der Waals surface area contributed by atoms with E-state index in [1.165, 1.54) is 0 Å². The molecule has 0 radical (unpaired) electrons. The summed E-state index contributed by atoms with van der Waals surface area (Å²) >= 11 is 10.5. The lowest BCUT2D eigenvalue weighted by molar-refractivity contribution is -0.387. The van der Waals surface area contributed by atoms with Crippen molar-refractivity contribution in [2.75, 3.05) is 0 Å². The third-order valence-corrected chi connectivity index (χ3v) is 1.94. The van der Waals surface area contributed by atoms with Gasteiger partial charge >= 0.3 is 5.69 Å². The molecule has 1 N–H and O–H groups in total. The Kier molecular flexibility index (Phi) is 2.58. The fourth-order valence-corrected chi connectivity index (χ4v) is 1.15. The molecule has 4 nitrogen and oxygen atoms in total. The SMILES string of the molecule is O=[N+]([O-])c1cc(Cl)c(O)c(Cl)c1F. The number of nitrogens with zero attached hydrogens (tertiary/aromatic N) is 1. The third kappa shape index (κ3) is 1.66. The first-order chi connectivity index (χ1) is 5.95. The monoisotopic (exact) mass is 225 g/mol. The molecular formula is C6H2Cl2FNO3. The minimum Gasteiger partial charge on any atom is -0.505 e. The van der Waals surface area contributed by atoms with E-state index in [1.54, 1.807) is 0 Å². The van der Waals surface area contributed by atoms with Gasteiger partial charge in [0.15, 0.2) is 5.75 Å². The fourth-order valence-electron chi connectivity index (χ4n) is 0.706. The number of phenolic OH excluding ortho intramolecular Hbond substituents is 1. The van der Waals surface area contributed by atoms with Crippen LogP contribution < -0.4 is 0 Å². The molecule has 0 bridgehead atoms. The number of nitro groups is 1.